The van der Waals surface area contributed by atoms with Crippen LogP contribution >= 0.6 is 35.9 Å². The molecule has 122 valence electrons. The summed E-state index contributed by atoms with van der Waals surface area (Å²) in [6, 6.07) is 8.29. The minimum atomic E-state index is 0. The monoisotopic (exact) mass is 358 g/mol. The third kappa shape index (κ3) is 4.57. The number of nitrogens with one attached hydrogen (secondary N) is 1. The van der Waals surface area contributed by atoms with Gasteiger partial charge in [0.2, 0.25) is 0 Å². The number of halogens is 1. The summed E-state index contributed by atoms with van der Waals surface area (Å²) >= 11 is 4.04. The van der Waals surface area contributed by atoms with Gasteiger partial charge in [0, 0.05) is 25.2 Å². The maximum atomic E-state index is 12.5. The van der Waals surface area contributed by atoms with Gasteiger partial charge in [0.25, 0.3) is 5.91 Å². The highest BCUT2D eigenvalue weighted by Gasteiger charge is 2.19. The van der Waals surface area contributed by atoms with Gasteiger partial charge in [-0.15, -0.1) is 35.9 Å². The van der Waals surface area contributed by atoms with Gasteiger partial charge in [-0.1, -0.05) is 12.1 Å². The van der Waals surface area contributed by atoms with Crippen LogP contribution in [0.4, 0.5) is 0 Å². The number of carbonyl (C=O) groups excluding carboxylic acids is 1. The Hall–Kier alpha value is -0.360. The van der Waals surface area contributed by atoms with E-state index in [1.165, 1.54) is 23.5 Å². The Morgan fingerprint density at radius 1 is 1.05 bits per heavy atom. The van der Waals surface area contributed by atoms with E-state index >= 15 is 0 Å². The molecule has 0 aliphatic carbocycles. The lowest BCUT2D eigenvalue weighted by atomic mass is 10.1. The Labute approximate surface area is 147 Å². The molecular formula is C16H23ClN2OS2. The maximum Gasteiger partial charge on any atom is 0.253 e. The minimum absolute atomic E-state index is 0. The van der Waals surface area contributed by atoms with Crippen molar-refractivity contribution in [3.63, 3.8) is 0 Å². The lowest BCUT2D eigenvalue weighted by Crippen LogP contribution is -2.34. The Morgan fingerprint density at radius 2 is 1.77 bits per heavy atom. The van der Waals surface area contributed by atoms with Crippen molar-refractivity contribution in [3.05, 3.63) is 35.4 Å². The summed E-state index contributed by atoms with van der Waals surface area (Å²) in [4.78, 5) is 14.5. The van der Waals surface area contributed by atoms with Crippen LogP contribution in [0.3, 0.4) is 0 Å². The fraction of sp³-hybridized carbons (Fsp3) is 0.562. The number of nitrogens with zero attached hydrogens (tertiary/aromatic N) is 1. The summed E-state index contributed by atoms with van der Waals surface area (Å²) in [5.41, 5.74) is 2.17. The number of hydrogen-bond donors (Lipinski definition) is 1. The molecule has 2 aliphatic rings. The topological polar surface area (TPSA) is 32.3 Å². The minimum Gasteiger partial charge on any atom is -0.337 e. The first-order chi connectivity index (χ1) is 10.3. The van der Waals surface area contributed by atoms with Crippen molar-refractivity contribution in [1.82, 2.24) is 10.2 Å². The largest absolute Gasteiger partial charge is 0.337 e. The molecule has 2 fully saturated rings. The molecule has 1 amide bonds. The molecule has 0 bridgehead atoms. The van der Waals surface area contributed by atoms with Gasteiger partial charge in [0.1, 0.15) is 0 Å². The van der Waals surface area contributed by atoms with Gasteiger partial charge in [0.05, 0.1) is 4.58 Å². The van der Waals surface area contributed by atoms with Crippen molar-refractivity contribution < 1.29 is 4.79 Å². The Kier molecular flexibility index (Phi) is 7.41. The molecular weight excluding hydrogens is 336 g/mol. The van der Waals surface area contributed by atoms with Gasteiger partial charge in [-0.2, -0.15) is 0 Å². The van der Waals surface area contributed by atoms with E-state index in [2.05, 4.69) is 17.4 Å². The Bertz CT molecular complexity index is 470. The summed E-state index contributed by atoms with van der Waals surface area (Å²) in [6.45, 7) is 3.59. The Morgan fingerprint density at radius 3 is 2.50 bits per heavy atom. The highest BCUT2D eigenvalue weighted by molar-refractivity contribution is 8.16. The van der Waals surface area contributed by atoms with Crippen LogP contribution in [-0.2, 0) is 0 Å². The summed E-state index contributed by atoms with van der Waals surface area (Å²) in [5, 5.41) is 3.34. The molecule has 1 aromatic carbocycles. The van der Waals surface area contributed by atoms with E-state index in [0.717, 1.165) is 38.2 Å². The molecule has 0 aromatic heterocycles. The van der Waals surface area contributed by atoms with Crippen LogP contribution in [0.1, 0.15) is 33.3 Å². The highest BCUT2D eigenvalue weighted by atomic mass is 35.5. The molecule has 2 saturated heterocycles. The molecule has 3 rings (SSSR count). The Balaban J connectivity index is 0.00000176. The van der Waals surface area contributed by atoms with E-state index in [1.807, 2.05) is 40.6 Å². The van der Waals surface area contributed by atoms with Crippen LogP contribution in [0.25, 0.3) is 0 Å². The summed E-state index contributed by atoms with van der Waals surface area (Å²) < 4.78 is 0.547. The molecule has 0 saturated carbocycles. The zero-order chi connectivity index (χ0) is 14.5. The molecule has 22 heavy (non-hydrogen) atoms. The van der Waals surface area contributed by atoms with E-state index in [1.54, 1.807) is 0 Å². The van der Waals surface area contributed by atoms with Crippen LogP contribution in [0.15, 0.2) is 24.3 Å². The van der Waals surface area contributed by atoms with E-state index in [9.17, 15) is 4.79 Å². The van der Waals surface area contributed by atoms with Crippen LogP contribution in [0, 0.1) is 0 Å². The molecule has 2 heterocycles. The molecule has 2 aliphatic heterocycles. The predicted octanol–water partition coefficient (Wildman–Crippen LogP) is 3.41. The lowest BCUT2D eigenvalue weighted by Gasteiger charge is -2.22. The smallest absolute Gasteiger partial charge is 0.253 e. The third-order valence-electron chi connectivity index (χ3n) is 3.88. The van der Waals surface area contributed by atoms with Gasteiger partial charge < -0.3 is 10.2 Å². The highest BCUT2D eigenvalue weighted by Crippen LogP contribution is 2.43. The molecule has 1 N–H and O–H groups in total. The molecule has 0 atom stereocenters. The summed E-state index contributed by atoms with van der Waals surface area (Å²) in [6.07, 6.45) is 2.35. The quantitative estimate of drug-likeness (QED) is 0.878. The molecule has 0 radical (unpaired) electrons. The number of benzene rings is 1. The predicted molar refractivity (Wildman–Crippen MR) is 99.4 cm³/mol. The van der Waals surface area contributed by atoms with Gasteiger partial charge in [-0.3, -0.25) is 4.79 Å². The molecule has 6 heteroatoms. The average molecular weight is 359 g/mol. The first-order valence-electron chi connectivity index (χ1n) is 7.68. The fourth-order valence-electron chi connectivity index (χ4n) is 2.69. The first kappa shape index (κ1) is 18.0. The molecule has 3 nitrogen and oxygen atoms in total. The number of amides is 1. The second-order valence-corrected chi connectivity index (χ2v) is 8.17. The van der Waals surface area contributed by atoms with Crippen LogP contribution in [-0.4, -0.2) is 48.5 Å². The molecule has 0 spiro atoms. The molecule has 1 aromatic rings. The SMILES string of the molecule is Cl.O=C(c1ccc(C2SCCCS2)cc1)N1CCCNCC1. The number of rotatable bonds is 2. The van der Waals surface area contributed by atoms with Crippen LogP contribution in [0.5, 0.6) is 0 Å². The van der Waals surface area contributed by atoms with E-state index in [0.29, 0.717) is 4.58 Å². The van der Waals surface area contributed by atoms with Crippen molar-refractivity contribution in [2.24, 2.45) is 0 Å². The average Bonchev–Trinajstić information content (AvgIpc) is 2.84. The van der Waals surface area contributed by atoms with Crippen molar-refractivity contribution >= 4 is 41.8 Å². The zero-order valence-electron chi connectivity index (χ0n) is 12.6. The van der Waals surface area contributed by atoms with Crippen molar-refractivity contribution in [2.45, 2.75) is 17.4 Å². The fourth-order valence-corrected chi connectivity index (χ4v) is 5.59. The van der Waals surface area contributed by atoms with Crippen LogP contribution in [0.2, 0.25) is 0 Å². The van der Waals surface area contributed by atoms with E-state index in [4.69, 9.17) is 0 Å². The summed E-state index contributed by atoms with van der Waals surface area (Å²) in [5.74, 6) is 2.67. The van der Waals surface area contributed by atoms with E-state index < -0.39 is 0 Å². The van der Waals surface area contributed by atoms with Crippen molar-refractivity contribution in [1.29, 1.82) is 0 Å². The molecule has 0 unspecified atom stereocenters. The van der Waals surface area contributed by atoms with Gasteiger partial charge in [-0.25, -0.2) is 0 Å². The van der Waals surface area contributed by atoms with Crippen molar-refractivity contribution in [3.8, 4) is 0 Å². The van der Waals surface area contributed by atoms with Gasteiger partial charge >= 0.3 is 0 Å². The second kappa shape index (κ2) is 9.06. The second-order valence-electron chi connectivity index (χ2n) is 5.44. The van der Waals surface area contributed by atoms with Gasteiger partial charge in [0.15, 0.2) is 0 Å². The first-order valence-corrected chi connectivity index (χ1v) is 9.77. The number of thioether (sulfide) groups is 2. The lowest BCUT2D eigenvalue weighted by molar-refractivity contribution is 0.0766. The number of carbonyl (C=O) groups is 1. The summed E-state index contributed by atoms with van der Waals surface area (Å²) in [7, 11) is 0. The standard InChI is InChI=1S/C16H22N2OS2.ClH/c19-15(18-9-1-7-17-8-10-18)13-3-5-14(6-4-13)16-20-11-2-12-21-16;/h3-6,16-17H,1-2,7-12H2;1H. The van der Waals surface area contributed by atoms with Crippen molar-refractivity contribution in [2.75, 3.05) is 37.7 Å². The van der Waals surface area contributed by atoms with E-state index in [-0.39, 0.29) is 18.3 Å². The maximum absolute atomic E-state index is 12.5. The normalized spacial score (nSPS) is 20.1. The number of hydrogen-bond acceptors (Lipinski definition) is 4. The third-order valence-corrected chi connectivity index (χ3v) is 6.90. The van der Waals surface area contributed by atoms with Gasteiger partial charge in [-0.05, 0) is 48.6 Å². The zero-order valence-corrected chi connectivity index (χ0v) is 15.1. The van der Waals surface area contributed by atoms with Crippen LogP contribution < -0.4 is 5.32 Å².